The molecule has 22 heavy (non-hydrogen) atoms. The van der Waals surface area contributed by atoms with Crippen molar-refractivity contribution in [1.29, 1.82) is 0 Å². The van der Waals surface area contributed by atoms with E-state index in [-0.39, 0.29) is 17.1 Å². The van der Waals surface area contributed by atoms with Gasteiger partial charge in [0.25, 0.3) is 0 Å². The van der Waals surface area contributed by atoms with Crippen LogP contribution in [0.25, 0.3) is 0 Å². The van der Waals surface area contributed by atoms with Gasteiger partial charge in [0.1, 0.15) is 0 Å². The molecule has 0 saturated heterocycles. The molecular weight excluding hydrogens is 272 g/mol. The van der Waals surface area contributed by atoms with Crippen LogP contribution in [0, 0.1) is 29.1 Å². The normalized spacial score (nSPS) is 45.8. The Kier molecular flexibility index (Phi) is 3.83. The zero-order valence-corrected chi connectivity index (χ0v) is 14.9. The van der Waals surface area contributed by atoms with Crippen LogP contribution < -0.4 is 0 Å². The highest BCUT2D eigenvalue weighted by atomic mass is 16.3. The average molecular weight is 304 g/mol. The van der Waals surface area contributed by atoms with E-state index in [0.717, 1.165) is 41.7 Å². The molecule has 1 N–H and O–H groups in total. The highest BCUT2D eigenvalue weighted by Crippen LogP contribution is 2.59. The predicted octanol–water partition coefficient (Wildman–Crippen LogP) is 4.52. The summed E-state index contributed by atoms with van der Waals surface area (Å²) < 4.78 is 0. The fraction of sp³-hybridized carbons (Fsp3) is 0.850. The predicted molar refractivity (Wildman–Crippen MR) is 89.4 cm³/mol. The second-order valence-electron chi connectivity index (χ2n) is 8.99. The summed E-state index contributed by atoms with van der Waals surface area (Å²) in [5.74, 6) is 2.66. The molecule has 0 radical (unpaired) electrons. The molecule has 2 saturated carbocycles. The van der Waals surface area contributed by atoms with Crippen molar-refractivity contribution in [3.8, 4) is 0 Å². The second-order valence-corrected chi connectivity index (χ2v) is 8.99. The zero-order valence-electron chi connectivity index (χ0n) is 14.9. The van der Waals surface area contributed by atoms with Crippen molar-refractivity contribution in [1.82, 2.24) is 0 Å². The fourth-order valence-electron chi connectivity index (χ4n) is 5.79. The van der Waals surface area contributed by atoms with Crippen molar-refractivity contribution in [3.63, 3.8) is 0 Å². The first kappa shape index (κ1) is 16.2. The van der Waals surface area contributed by atoms with Crippen molar-refractivity contribution in [3.05, 3.63) is 11.1 Å². The van der Waals surface area contributed by atoms with E-state index in [0.29, 0.717) is 6.42 Å². The molecule has 5 atom stereocenters. The highest BCUT2D eigenvalue weighted by Gasteiger charge is 2.54. The molecule has 0 spiro atoms. The highest BCUT2D eigenvalue weighted by molar-refractivity contribution is 6.00. The van der Waals surface area contributed by atoms with Gasteiger partial charge in [-0.2, -0.15) is 0 Å². The van der Waals surface area contributed by atoms with Gasteiger partial charge in [-0.05, 0) is 79.3 Å². The Bertz CT molecular complexity index is 518. The largest absolute Gasteiger partial charge is 0.385 e. The maximum absolute atomic E-state index is 12.3. The lowest BCUT2D eigenvalue weighted by molar-refractivity contribution is -0.118. The molecule has 0 aromatic carbocycles. The van der Waals surface area contributed by atoms with Crippen molar-refractivity contribution in [2.24, 2.45) is 29.1 Å². The van der Waals surface area contributed by atoms with E-state index in [1.165, 1.54) is 19.3 Å². The lowest BCUT2D eigenvalue weighted by Gasteiger charge is -2.44. The average Bonchev–Trinajstić information content (AvgIpc) is 2.86. The van der Waals surface area contributed by atoms with Gasteiger partial charge in [0, 0.05) is 6.42 Å². The molecule has 2 fully saturated rings. The number of rotatable bonds is 1. The summed E-state index contributed by atoms with van der Waals surface area (Å²) in [7, 11) is 0. The zero-order chi connectivity index (χ0) is 16.3. The molecule has 3 aliphatic rings. The first-order chi connectivity index (χ1) is 10.2. The molecule has 124 valence electrons. The fourth-order valence-corrected chi connectivity index (χ4v) is 5.79. The number of ketones is 1. The van der Waals surface area contributed by atoms with Crippen LogP contribution in [0.3, 0.4) is 0 Å². The summed E-state index contributed by atoms with van der Waals surface area (Å²) in [6, 6.07) is 0. The van der Waals surface area contributed by atoms with Crippen LogP contribution in [0.2, 0.25) is 0 Å². The lowest BCUT2D eigenvalue weighted by atomic mass is 9.62. The SMILES string of the molecule is CC1=C2C[C@@]3(C)CC[C@H](C(C)C)[C@@H]3CC[C@H](C)[C@@]2(O)CC1=O. The first-order valence-electron chi connectivity index (χ1n) is 9.15. The molecule has 3 rings (SSSR count). The Labute approximate surface area is 135 Å². The minimum atomic E-state index is -0.856. The third kappa shape index (κ3) is 2.21. The molecule has 0 aromatic heterocycles. The van der Waals surface area contributed by atoms with E-state index >= 15 is 0 Å². The molecule has 0 aliphatic heterocycles. The lowest BCUT2D eigenvalue weighted by Crippen LogP contribution is -2.42. The smallest absolute Gasteiger partial charge is 0.161 e. The summed E-state index contributed by atoms with van der Waals surface area (Å²) in [6.45, 7) is 11.2. The maximum atomic E-state index is 12.3. The number of hydrogen-bond acceptors (Lipinski definition) is 2. The Hall–Kier alpha value is -0.630. The summed E-state index contributed by atoms with van der Waals surface area (Å²) in [4.78, 5) is 12.3. The molecule has 0 aromatic rings. The van der Waals surface area contributed by atoms with Crippen LogP contribution >= 0.6 is 0 Å². The Morgan fingerprint density at radius 3 is 2.50 bits per heavy atom. The van der Waals surface area contributed by atoms with Gasteiger partial charge in [0.15, 0.2) is 5.78 Å². The van der Waals surface area contributed by atoms with Gasteiger partial charge < -0.3 is 5.11 Å². The number of allylic oxidation sites excluding steroid dienone is 1. The van der Waals surface area contributed by atoms with Gasteiger partial charge in [-0.25, -0.2) is 0 Å². The number of Topliss-reactive ketones (excluding diaryl/α,β-unsaturated/α-hetero) is 1. The summed E-state index contributed by atoms with van der Waals surface area (Å²) in [5.41, 5.74) is 1.36. The van der Waals surface area contributed by atoms with Gasteiger partial charge in [-0.1, -0.05) is 27.7 Å². The van der Waals surface area contributed by atoms with E-state index in [2.05, 4.69) is 27.7 Å². The van der Waals surface area contributed by atoms with Gasteiger partial charge in [-0.3, -0.25) is 4.79 Å². The minimum absolute atomic E-state index is 0.171. The Balaban J connectivity index is 2.01. The molecule has 0 heterocycles. The quantitative estimate of drug-likeness (QED) is 0.773. The van der Waals surface area contributed by atoms with E-state index < -0.39 is 5.60 Å². The molecule has 3 aliphatic carbocycles. The van der Waals surface area contributed by atoms with Gasteiger partial charge >= 0.3 is 0 Å². The molecule has 0 unspecified atom stereocenters. The topological polar surface area (TPSA) is 37.3 Å². The number of hydrogen-bond donors (Lipinski definition) is 1. The second kappa shape index (κ2) is 5.19. The minimum Gasteiger partial charge on any atom is -0.385 e. The molecule has 2 heteroatoms. The number of fused-ring (bicyclic) bond motifs is 2. The standard InChI is InChI=1S/C20H32O2/c1-12(2)15-8-9-19(5)10-17-14(4)18(21)11-20(17,22)13(3)6-7-16(15)19/h12-13,15-16,22H,6-11H2,1-5H3/t13-,15+,16-,19+,20-/m0/s1. The van der Waals surface area contributed by atoms with Crippen LogP contribution in [-0.2, 0) is 4.79 Å². The third-order valence-corrected chi connectivity index (χ3v) is 7.45. The van der Waals surface area contributed by atoms with Crippen LogP contribution in [0.4, 0.5) is 0 Å². The molecular formula is C20H32O2. The van der Waals surface area contributed by atoms with Gasteiger partial charge in [0.2, 0.25) is 0 Å². The maximum Gasteiger partial charge on any atom is 0.161 e. The molecule has 0 amide bonds. The number of carbonyl (C=O) groups excluding carboxylic acids is 1. The van der Waals surface area contributed by atoms with Gasteiger partial charge in [-0.15, -0.1) is 0 Å². The Morgan fingerprint density at radius 2 is 1.86 bits per heavy atom. The summed E-state index contributed by atoms with van der Waals surface area (Å²) in [6.07, 6.45) is 6.07. The van der Waals surface area contributed by atoms with E-state index in [1.807, 2.05) is 6.92 Å². The van der Waals surface area contributed by atoms with Crippen LogP contribution in [0.5, 0.6) is 0 Å². The van der Waals surface area contributed by atoms with Crippen molar-refractivity contribution >= 4 is 5.78 Å². The first-order valence-corrected chi connectivity index (χ1v) is 9.15. The van der Waals surface area contributed by atoms with E-state index in [9.17, 15) is 9.90 Å². The third-order valence-electron chi connectivity index (χ3n) is 7.45. The molecule has 2 nitrogen and oxygen atoms in total. The summed E-state index contributed by atoms with van der Waals surface area (Å²) >= 11 is 0. The van der Waals surface area contributed by atoms with Crippen molar-refractivity contribution < 1.29 is 9.90 Å². The van der Waals surface area contributed by atoms with Crippen molar-refractivity contribution in [2.75, 3.05) is 0 Å². The van der Waals surface area contributed by atoms with Crippen LogP contribution in [-0.4, -0.2) is 16.5 Å². The van der Waals surface area contributed by atoms with E-state index in [1.54, 1.807) is 0 Å². The monoisotopic (exact) mass is 304 g/mol. The van der Waals surface area contributed by atoms with E-state index in [4.69, 9.17) is 0 Å². The number of aliphatic hydroxyl groups is 1. The van der Waals surface area contributed by atoms with Crippen LogP contribution in [0.1, 0.15) is 73.1 Å². The van der Waals surface area contributed by atoms with Gasteiger partial charge in [0.05, 0.1) is 5.60 Å². The van der Waals surface area contributed by atoms with Crippen LogP contribution in [0.15, 0.2) is 11.1 Å². The molecule has 0 bridgehead atoms. The number of carbonyl (C=O) groups is 1. The van der Waals surface area contributed by atoms with Crippen molar-refractivity contribution in [2.45, 2.75) is 78.7 Å². The summed E-state index contributed by atoms with van der Waals surface area (Å²) in [5, 5.41) is 11.3. The Morgan fingerprint density at radius 1 is 1.18 bits per heavy atom.